The van der Waals surface area contributed by atoms with Crippen molar-refractivity contribution < 1.29 is 14.3 Å². The summed E-state index contributed by atoms with van der Waals surface area (Å²) in [6, 6.07) is 8.91. The highest BCUT2D eigenvalue weighted by molar-refractivity contribution is 5.90. The fourth-order valence-electron chi connectivity index (χ4n) is 1.69. The van der Waals surface area contributed by atoms with E-state index in [4.69, 9.17) is 9.47 Å². The molecular formula is C15H15NO3. The summed E-state index contributed by atoms with van der Waals surface area (Å²) < 4.78 is 10.3. The second kappa shape index (κ2) is 5.52. The Morgan fingerprint density at radius 1 is 1.16 bits per heavy atom. The van der Waals surface area contributed by atoms with Crippen LogP contribution in [0.25, 0.3) is 0 Å². The molecule has 1 aromatic heterocycles. The molecule has 0 saturated heterocycles. The molecule has 1 aromatic carbocycles. The Bertz CT molecular complexity index is 591. The molecule has 0 radical (unpaired) electrons. The Hall–Kier alpha value is -2.36. The number of nitrogens with zero attached hydrogens (tertiary/aromatic N) is 1. The van der Waals surface area contributed by atoms with E-state index in [0.717, 1.165) is 11.1 Å². The third-order valence-corrected chi connectivity index (χ3v) is 2.71. The van der Waals surface area contributed by atoms with E-state index in [0.29, 0.717) is 17.2 Å². The van der Waals surface area contributed by atoms with Crippen LogP contribution < -0.4 is 9.47 Å². The maximum atomic E-state index is 11.9. The summed E-state index contributed by atoms with van der Waals surface area (Å²) in [4.78, 5) is 15.9. The molecule has 0 fully saturated rings. The summed E-state index contributed by atoms with van der Waals surface area (Å²) in [6.45, 7) is 3.90. The number of methoxy groups -OCH3 is 1. The lowest BCUT2D eigenvalue weighted by Crippen LogP contribution is -2.09. The molecule has 1 heterocycles. The largest absolute Gasteiger partial charge is 0.481 e. The molecule has 4 nitrogen and oxygen atoms in total. The lowest BCUT2D eigenvalue weighted by atomic mass is 10.1. The number of hydrogen-bond donors (Lipinski definition) is 0. The number of carbonyl (C=O) groups is 1. The van der Waals surface area contributed by atoms with Gasteiger partial charge in [0.05, 0.1) is 12.7 Å². The van der Waals surface area contributed by atoms with E-state index >= 15 is 0 Å². The molecule has 0 aliphatic rings. The monoisotopic (exact) mass is 257 g/mol. The molecule has 0 bridgehead atoms. The van der Waals surface area contributed by atoms with Gasteiger partial charge in [-0.1, -0.05) is 17.7 Å². The van der Waals surface area contributed by atoms with E-state index in [1.54, 1.807) is 18.2 Å². The molecule has 0 aliphatic heterocycles. The number of benzene rings is 1. The molecule has 0 unspecified atom stereocenters. The van der Waals surface area contributed by atoms with Gasteiger partial charge in [-0.05, 0) is 31.5 Å². The first-order valence-electron chi connectivity index (χ1n) is 5.89. The van der Waals surface area contributed by atoms with Crippen LogP contribution in [-0.2, 0) is 0 Å². The van der Waals surface area contributed by atoms with E-state index in [2.05, 4.69) is 4.98 Å². The average Bonchev–Trinajstić information content (AvgIpc) is 2.42. The van der Waals surface area contributed by atoms with Crippen LogP contribution in [0.1, 0.15) is 21.5 Å². The van der Waals surface area contributed by atoms with Gasteiger partial charge in [-0.15, -0.1) is 0 Å². The molecular weight excluding hydrogens is 242 g/mol. The zero-order chi connectivity index (χ0) is 13.8. The molecule has 2 aromatic rings. The third-order valence-electron chi connectivity index (χ3n) is 2.71. The zero-order valence-corrected chi connectivity index (χ0v) is 11.1. The van der Waals surface area contributed by atoms with Gasteiger partial charge in [0.1, 0.15) is 5.75 Å². The lowest BCUT2D eigenvalue weighted by Gasteiger charge is -2.08. The molecule has 0 N–H and O–H groups in total. The second-order valence-electron chi connectivity index (χ2n) is 4.25. The Kier molecular flexibility index (Phi) is 3.80. The van der Waals surface area contributed by atoms with Gasteiger partial charge in [-0.2, -0.15) is 0 Å². The number of esters is 1. The van der Waals surface area contributed by atoms with E-state index in [1.807, 2.05) is 26.0 Å². The van der Waals surface area contributed by atoms with Gasteiger partial charge in [0, 0.05) is 12.3 Å². The molecule has 98 valence electrons. The number of rotatable bonds is 3. The number of hydrogen-bond acceptors (Lipinski definition) is 4. The Morgan fingerprint density at radius 2 is 1.95 bits per heavy atom. The van der Waals surface area contributed by atoms with Crippen LogP contribution in [0.2, 0.25) is 0 Å². The van der Waals surface area contributed by atoms with Gasteiger partial charge in [0.25, 0.3) is 0 Å². The van der Waals surface area contributed by atoms with Crippen LogP contribution in [0.3, 0.4) is 0 Å². The molecule has 0 amide bonds. The van der Waals surface area contributed by atoms with Crippen LogP contribution in [0, 0.1) is 13.8 Å². The summed E-state index contributed by atoms with van der Waals surface area (Å²) in [5, 5.41) is 0. The van der Waals surface area contributed by atoms with Crippen molar-refractivity contribution in [3.05, 3.63) is 53.2 Å². The summed E-state index contributed by atoms with van der Waals surface area (Å²) in [7, 11) is 1.52. The molecule has 2 rings (SSSR count). The van der Waals surface area contributed by atoms with E-state index in [1.165, 1.54) is 13.3 Å². The fourth-order valence-corrected chi connectivity index (χ4v) is 1.69. The van der Waals surface area contributed by atoms with E-state index < -0.39 is 5.97 Å². The van der Waals surface area contributed by atoms with Crippen LogP contribution >= 0.6 is 0 Å². The molecule has 0 aliphatic carbocycles. The predicted octanol–water partition coefficient (Wildman–Crippen LogP) is 2.93. The Balaban J connectivity index is 2.15. The van der Waals surface area contributed by atoms with E-state index in [-0.39, 0.29) is 0 Å². The average molecular weight is 257 g/mol. The zero-order valence-electron chi connectivity index (χ0n) is 11.1. The second-order valence-corrected chi connectivity index (χ2v) is 4.25. The molecule has 19 heavy (non-hydrogen) atoms. The molecule has 0 atom stereocenters. The summed E-state index contributed by atoms with van der Waals surface area (Å²) in [5.74, 6) is 0.594. The molecule has 0 spiro atoms. The highest BCUT2D eigenvalue weighted by atomic mass is 16.5. The quantitative estimate of drug-likeness (QED) is 0.626. The van der Waals surface area contributed by atoms with Gasteiger partial charge in [-0.3, -0.25) is 0 Å². The summed E-state index contributed by atoms with van der Waals surface area (Å²) >= 11 is 0. The molecule has 0 saturated carbocycles. The van der Waals surface area contributed by atoms with E-state index in [9.17, 15) is 4.79 Å². The van der Waals surface area contributed by atoms with Crippen LogP contribution in [0.5, 0.6) is 11.6 Å². The number of ether oxygens (including phenoxy) is 2. The lowest BCUT2D eigenvalue weighted by molar-refractivity contribution is 0.0733. The Labute approximate surface area is 112 Å². The number of carbonyl (C=O) groups excluding carboxylic acids is 1. The third kappa shape index (κ3) is 3.10. The summed E-state index contributed by atoms with van der Waals surface area (Å²) in [5.41, 5.74) is 2.44. The number of aryl methyl sites for hydroxylation is 2. The van der Waals surface area contributed by atoms with Gasteiger partial charge >= 0.3 is 5.97 Å². The van der Waals surface area contributed by atoms with Crippen LogP contribution in [0.15, 0.2) is 36.5 Å². The number of aromatic nitrogens is 1. The summed E-state index contributed by atoms with van der Waals surface area (Å²) in [6.07, 6.45) is 1.44. The van der Waals surface area contributed by atoms with Gasteiger partial charge in [-0.25, -0.2) is 9.78 Å². The minimum atomic E-state index is -0.429. The number of pyridine rings is 1. The normalized spacial score (nSPS) is 10.1. The van der Waals surface area contributed by atoms with Crippen LogP contribution in [-0.4, -0.2) is 18.1 Å². The highest BCUT2D eigenvalue weighted by Gasteiger charge is 2.11. The van der Waals surface area contributed by atoms with Crippen molar-refractivity contribution in [2.24, 2.45) is 0 Å². The van der Waals surface area contributed by atoms with Crippen molar-refractivity contribution in [1.82, 2.24) is 4.98 Å². The van der Waals surface area contributed by atoms with Crippen molar-refractivity contribution in [3.8, 4) is 11.6 Å². The Morgan fingerprint density at radius 3 is 2.53 bits per heavy atom. The van der Waals surface area contributed by atoms with Crippen molar-refractivity contribution in [2.75, 3.05) is 7.11 Å². The predicted molar refractivity (Wildman–Crippen MR) is 71.7 cm³/mol. The standard InChI is InChI=1S/C15H15NO3/c1-10-4-6-13(11(2)8-10)19-15(17)12-5-7-14(18-3)16-9-12/h4-9H,1-3H3. The maximum Gasteiger partial charge on any atom is 0.345 e. The van der Waals surface area contributed by atoms with Gasteiger partial charge < -0.3 is 9.47 Å². The molecule has 4 heteroatoms. The maximum absolute atomic E-state index is 11.9. The van der Waals surface area contributed by atoms with Crippen molar-refractivity contribution >= 4 is 5.97 Å². The first-order valence-corrected chi connectivity index (χ1v) is 5.89. The minimum absolute atomic E-state index is 0.390. The minimum Gasteiger partial charge on any atom is -0.481 e. The fraction of sp³-hybridized carbons (Fsp3) is 0.200. The van der Waals surface area contributed by atoms with Crippen molar-refractivity contribution in [2.45, 2.75) is 13.8 Å². The first-order chi connectivity index (χ1) is 9.10. The smallest absolute Gasteiger partial charge is 0.345 e. The SMILES string of the molecule is COc1ccc(C(=O)Oc2ccc(C)cc2C)cn1. The van der Waals surface area contributed by atoms with Gasteiger partial charge in [0.2, 0.25) is 5.88 Å². The van der Waals surface area contributed by atoms with Gasteiger partial charge in [0.15, 0.2) is 0 Å². The van der Waals surface area contributed by atoms with Crippen molar-refractivity contribution in [1.29, 1.82) is 0 Å². The first kappa shape index (κ1) is 13.1. The van der Waals surface area contributed by atoms with Crippen LogP contribution in [0.4, 0.5) is 0 Å². The highest BCUT2D eigenvalue weighted by Crippen LogP contribution is 2.20. The van der Waals surface area contributed by atoms with Crippen molar-refractivity contribution in [3.63, 3.8) is 0 Å². The topological polar surface area (TPSA) is 48.4 Å².